The molecule has 1 aliphatic rings. The average Bonchev–Trinajstić information content (AvgIpc) is 2.90. The third-order valence-corrected chi connectivity index (χ3v) is 4.14. The predicted molar refractivity (Wildman–Crippen MR) is 87.3 cm³/mol. The molecule has 0 spiro atoms. The second-order valence-electron chi connectivity index (χ2n) is 6.31. The van der Waals surface area contributed by atoms with Crippen LogP contribution < -0.4 is 0 Å². The first-order valence-corrected chi connectivity index (χ1v) is 8.15. The van der Waals surface area contributed by atoms with E-state index >= 15 is 0 Å². The third-order valence-electron chi connectivity index (χ3n) is 4.14. The van der Waals surface area contributed by atoms with Crippen LogP contribution in [0.15, 0.2) is 28.7 Å². The standard InChI is InChI=1S/C18H23NO4/c1-12(2)22-11-15-14-7-3-4-8-16(14)23-17(15)18(21)19-9-5-6-13(20)10-19/h3-4,7-8,12-13,20H,5-6,9-11H2,1-2H3. The topological polar surface area (TPSA) is 62.9 Å². The van der Waals surface area contributed by atoms with Gasteiger partial charge in [-0.3, -0.25) is 4.79 Å². The molecule has 5 nitrogen and oxygen atoms in total. The van der Waals surface area contributed by atoms with Gasteiger partial charge in [-0.1, -0.05) is 18.2 Å². The molecule has 1 N–H and O–H groups in total. The fraction of sp³-hybridized carbons (Fsp3) is 0.500. The summed E-state index contributed by atoms with van der Waals surface area (Å²) in [5.41, 5.74) is 1.48. The highest BCUT2D eigenvalue weighted by atomic mass is 16.5. The highest BCUT2D eigenvalue weighted by Gasteiger charge is 2.28. The molecule has 3 rings (SSSR count). The zero-order valence-electron chi connectivity index (χ0n) is 13.6. The minimum absolute atomic E-state index is 0.0726. The third kappa shape index (κ3) is 3.41. The molecule has 0 radical (unpaired) electrons. The number of benzene rings is 1. The average molecular weight is 317 g/mol. The fourth-order valence-electron chi connectivity index (χ4n) is 2.95. The fourth-order valence-corrected chi connectivity index (χ4v) is 2.95. The van der Waals surface area contributed by atoms with Crippen LogP contribution in [0.2, 0.25) is 0 Å². The number of fused-ring (bicyclic) bond motifs is 1. The summed E-state index contributed by atoms with van der Waals surface area (Å²) in [7, 11) is 0. The molecule has 0 aliphatic carbocycles. The van der Waals surface area contributed by atoms with Crippen molar-refractivity contribution < 1.29 is 19.1 Å². The number of aliphatic hydroxyl groups is 1. The van der Waals surface area contributed by atoms with Crippen molar-refractivity contribution in [1.82, 2.24) is 4.90 Å². The Hall–Kier alpha value is -1.85. The molecule has 23 heavy (non-hydrogen) atoms. The van der Waals surface area contributed by atoms with Crippen molar-refractivity contribution in [3.05, 3.63) is 35.6 Å². The monoisotopic (exact) mass is 317 g/mol. The second-order valence-corrected chi connectivity index (χ2v) is 6.31. The molecule has 1 unspecified atom stereocenters. The van der Waals surface area contributed by atoms with Crippen molar-refractivity contribution in [3.8, 4) is 0 Å². The Morgan fingerprint density at radius 2 is 2.22 bits per heavy atom. The Labute approximate surface area is 135 Å². The van der Waals surface area contributed by atoms with E-state index in [1.807, 2.05) is 38.1 Å². The molecule has 1 fully saturated rings. The molecule has 1 saturated heterocycles. The first-order valence-electron chi connectivity index (χ1n) is 8.15. The Bertz CT molecular complexity index is 691. The van der Waals surface area contributed by atoms with Gasteiger partial charge in [0.15, 0.2) is 5.76 Å². The highest BCUT2D eigenvalue weighted by molar-refractivity contribution is 5.99. The van der Waals surface area contributed by atoms with Gasteiger partial charge in [-0.25, -0.2) is 0 Å². The summed E-state index contributed by atoms with van der Waals surface area (Å²) in [4.78, 5) is 14.5. The SMILES string of the molecule is CC(C)OCc1c(C(=O)N2CCCC(O)C2)oc2ccccc12. The van der Waals surface area contributed by atoms with Crippen molar-refractivity contribution in [2.75, 3.05) is 13.1 Å². The van der Waals surface area contributed by atoms with E-state index in [1.165, 1.54) is 0 Å². The minimum Gasteiger partial charge on any atom is -0.451 e. The summed E-state index contributed by atoms with van der Waals surface area (Å²) < 4.78 is 11.5. The van der Waals surface area contributed by atoms with Crippen LogP contribution in [0, 0.1) is 0 Å². The zero-order chi connectivity index (χ0) is 16.4. The number of hydrogen-bond acceptors (Lipinski definition) is 4. The van der Waals surface area contributed by atoms with E-state index in [9.17, 15) is 9.90 Å². The molecular weight excluding hydrogens is 294 g/mol. The quantitative estimate of drug-likeness (QED) is 0.941. The lowest BCUT2D eigenvalue weighted by Gasteiger charge is -2.29. The lowest BCUT2D eigenvalue weighted by atomic mass is 10.1. The van der Waals surface area contributed by atoms with Gasteiger partial charge in [-0.2, -0.15) is 0 Å². The number of piperidine rings is 1. The van der Waals surface area contributed by atoms with E-state index in [2.05, 4.69) is 0 Å². The van der Waals surface area contributed by atoms with Crippen LogP contribution in [0.4, 0.5) is 0 Å². The Morgan fingerprint density at radius 3 is 2.96 bits per heavy atom. The number of β-amino-alcohol motifs (C(OH)–C–C–N with tert-alkyl or cyclic N) is 1. The van der Waals surface area contributed by atoms with Crippen LogP contribution >= 0.6 is 0 Å². The Morgan fingerprint density at radius 1 is 1.43 bits per heavy atom. The number of likely N-dealkylation sites (tertiary alicyclic amines) is 1. The van der Waals surface area contributed by atoms with E-state index in [0.29, 0.717) is 31.0 Å². The number of para-hydroxylation sites is 1. The number of furan rings is 1. The normalized spacial score (nSPS) is 18.8. The van der Waals surface area contributed by atoms with Crippen molar-refractivity contribution in [1.29, 1.82) is 0 Å². The number of nitrogens with zero attached hydrogens (tertiary/aromatic N) is 1. The Balaban J connectivity index is 1.94. The van der Waals surface area contributed by atoms with Gasteiger partial charge in [0, 0.05) is 24.0 Å². The van der Waals surface area contributed by atoms with Gasteiger partial charge in [-0.05, 0) is 32.8 Å². The highest BCUT2D eigenvalue weighted by Crippen LogP contribution is 2.28. The number of aliphatic hydroxyl groups excluding tert-OH is 1. The number of rotatable bonds is 4. The first kappa shape index (κ1) is 16.0. The molecule has 1 amide bonds. The van der Waals surface area contributed by atoms with Gasteiger partial charge >= 0.3 is 0 Å². The molecule has 0 saturated carbocycles. The minimum atomic E-state index is -0.451. The maximum atomic E-state index is 12.8. The summed E-state index contributed by atoms with van der Waals surface area (Å²) >= 11 is 0. The molecular formula is C18H23NO4. The van der Waals surface area contributed by atoms with Gasteiger partial charge in [0.2, 0.25) is 0 Å². The van der Waals surface area contributed by atoms with Gasteiger partial charge in [0.05, 0.1) is 18.8 Å². The van der Waals surface area contributed by atoms with Crippen LogP contribution in [0.5, 0.6) is 0 Å². The molecule has 0 bridgehead atoms. The zero-order valence-corrected chi connectivity index (χ0v) is 13.6. The van der Waals surface area contributed by atoms with Crippen molar-refractivity contribution in [2.45, 2.75) is 45.5 Å². The summed E-state index contributed by atoms with van der Waals surface area (Å²) in [6.45, 7) is 5.28. The lowest BCUT2D eigenvalue weighted by Crippen LogP contribution is -2.42. The largest absolute Gasteiger partial charge is 0.451 e. The van der Waals surface area contributed by atoms with Crippen LogP contribution in [-0.2, 0) is 11.3 Å². The summed E-state index contributed by atoms with van der Waals surface area (Å²) in [6, 6.07) is 7.61. The molecule has 2 heterocycles. The summed E-state index contributed by atoms with van der Waals surface area (Å²) in [6.07, 6.45) is 1.17. The van der Waals surface area contributed by atoms with Crippen LogP contribution in [0.25, 0.3) is 11.0 Å². The molecule has 1 aromatic heterocycles. The van der Waals surface area contributed by atoms with Crippen LogP contribution in [0.1, 0.15) is 42.8 Å². The summed E-state index contributed by atoms with van der Waals surface area (Å²) in [5, 5.41) is 10.7. The molecule has 2 aromatic rings. The molecule has 5 heteroatoms. The number of ether oxygens (including phenoxy) is 1. The van der Waals surface area contributed by atoms with Crippen molar-refractivity contribution in [3.63, 3.8) is 0 Å². The molecule has 1 atom stereocenters. The van der Waals surface area contributed by atoms with Gasteiger partial charge in [0.1, 0.15) is 5.58 Å². The van der Waals surface area contributed by atoms with Crippen molar-refractivity contribution >= 4 is 16.9 Å². The second kappa shape index (κ2) is 6.72. The smallest absolute Gasteiger partial charge is 0.290 e. The van der Waals surface area contributed by atoms with Crippen LogP contribution in [0.3, 0.4) is 0 Å². The van der Waals surface area contributed by atoms with E-state index in [4.69, 9.17) is 9.15 Å². The number of hydrogen-bond donors (Lipinski definition) is 1. The Kier molecular flexibility index (Phi) is 4.68. The number of carbonyl (C=O) groups is 1. The maximum absolute atomic E-state index is 12.8. The molecule has 1 aliphatic heterocycles. The van der Waals surface area contributed by atoms with Crippen LogP contribution in [-0.4, -0.2) is 41.2 Å². The van der Waals surface area contributed by atoms with Gasteiger partial charge in [0.25, 0.3) is 5.91 Å². The number of amides is 1. The molecule has 1 aromatic carbocycles. The predicted octanol–water partition coefficient (Wildman–Crippen LogP) is 2.95. The van der Waals surface area contributed by atoms with E-state index in [0.717, 1.165) is 23.8 Å². The van der Waals surface area contributed by atoms with E-state index in [-0.39, 0.29) is 12.0 Å². The van der Waals surface area contributed by atoms with E-state index < -0.39 is 6.10 Å². The summed E-state index contributed by atoms with van der Waals surface area (Å²) in [5.74, 6) is 0.170. The van der Waals surface area contributed by atoms with E-state index in [1.54, 1.807) is 4.90 Å². The maximum Gasteiger partial charge on any atom is 0.290 e. The van der Waals surface area contributed by atoms with Gasteiger partial charge < -0.3 is 19.2 Å². The van der Waals surface area contributed by atoms with Gasteiger partial charge in [-0.15, -0.1) is 0 Å². The lowest BCUT2D eigenvalue weighted by molar-refractivity contribution is 0.0431. The first-order chi connectivity index (χ1) is 11.1. The van der Waals surface area contributed by atoms with Crippen molar-refractivity contribution in [2.24, 2.45) is 0 Å². The number of carbonyl (C=O) groups excluding carboxylic acids is 1. The molecule has 124 valence electrons.